The number of aromatic amines is 1. The Morgan fingerprint density at radius 3 is 2.47 bits per heavy atom. The number of amides is 2. The van der Waals surface area contributed by atoms with Gasteiger partial charge in [0.2, 0.25) is 11.8 Å². The van der Waals surface area contributed by atoms with Crippen molar-refractivity contribution in [2.75, 3.05) is 22.5 Å². The number of carbonyl (C=O) groups is 2. The van der Waals surface area contributed by atoms with Gasteiger partial charge < -0.3 is 10.2 Å². The third-order valence-electron chi connectivity index (χ3n) is 4.84. The molecule has 32 heavy (non-hydrogen) atoms. The molecular formula is C23H25N5O3S. The number of thioether (sulfide) groups is 1. The molecule has 8 nitrogen and oxygen atoms in total. The van der Waals surface area contributed by atoms with Crippen molar-refractivity contribution in [3.63, 3.8) is 0 Å². The van der Waals surface area contributed by atoms with Crippen molar-refractivity contribution in [1.29, 1.82) is 0 Å². The summed E-state index contributed by atoms with van der Waals surface area (Å²) in [4.78, 5) is 41.3. The van der Waals surface area contributed by atoms with Gasteiger partial charge in [-0.3, -0.25) is 19.4 Å². The van der Waals surface area contributed by atoms with Gasteiger partial charge in [-0.05, 0) is 31.0 Å². The van der Waals surface area contributed by atoms with E-state index < -0.39 is 5.56 Å². The highest BCUT2D eigenvalue weighted by Crippen LogP contribution is 2.27. The quantitative estimate of drug-likeness (QED) is 0.508. The highest BCUT2D eigenvalue weighted by molar-refractivity contribution is 7.99. The summed E-state index contributed by atoms with van der Waals surface area (Å²) in [6, 6.07) is 14.7. The maximum Gasteiger partial charge on any atom is 0.278 e. The van der Waals surface area contributed by atoms with E-state index in [1.807, 2.05) is 38.1 Å². The smallest absolute Gasteiger partial charge is 0.278 e. The number of aryl methyl sites for hydroxylation is 1. The van der Waals surface area contributed by atoms with Crippen LogP contribution in [-0.2, 0) is 16.0 Å². The normalized spacial score (nSPS) is 10.6. The molecule has 3 aromatic rings. The van der Waals surface area contributed by atoms with Gasteiger partial charge in [-0.25, -0.2) is 0 Å². The molecule has 0 spiro atoms. The van der Waals surface area contributed by atoms with Crippen molar-refractivity contribution < 1.29 is 9.59 Å². The van der Waals surface area contributed by atoms with Crippen LogP contribution in [0.3, 0.4) is 0 Å². The molecule has 0 saturated carbocycles. The van der Waals surface area contributed by atoms with E-state index in [1.165, 1.54) is 6.92 Å². The monoisotopic (exact) mass is 451 g/mol. The highest BCUT2D eigenvalue weighted by Gasteiger charge is 2.18. The molecule has 9 heteroatoms. The molecule has 2 N–H and O–H groups in total. The third kappa shape index (κ3) is 5.42. The molecule has 3 rings (SSSR count). The van der Waals surface area contributed by atoms with Crippen LogP contribution >= 0.6 is 11.8 Å². The van der Waals surface area contributed by atoms with Gasteiger partial charge in [-0.1, -0.05) is 55.1 Å². The molecule has 0 aliphatic carbocycles. The van der Waals surface area contributed by atoms with Gasteiger partial charge in [0.05, 0.1) is 11.4 Å². The van der Waals surface area contributed by atoms with Crippen LogP contribution in [0.2, 0.25) is 0 Å². The Morgan fingerprint density at radius 1 is 1.06 bits per heavy atom. The van der Waals surface area contributed by atoms with Crippen LogP contribution in [0, 0.1) is 0 Å². The van der Waals surface area contributed by atoms with E-state index in [4.69, 9.17) is 0 Å². The van der Waals surface area contributed by atoms with Crippen LogP contribution < -0.4 is 15.8 Å². The average Bonchev–Trinajstić information content (AvgIpc) is 2.79. The molecule has 0 saturated heterocycles. The fourth-order valence-corrected chi connectivity index (χ4v) is 3.91. The summed E-state index contributed by atoms with van der Waals surface area (Å²) in [5, 5.41) is 11.3. The van der Waals surface area contributed by atoms with Crippen LogP contribution in [0.1, 0.15) is 26.3 Å². The molecule has 0 radical (unpaired) electrons. The van der Waals surface area contributed by atoms with Gasteiger partial charge >= 0.3 is 0 Å². The summed E-state index contributed by atoms with van der Waals surface area (Å²) in [6.07, 6.45) is 0.810. The summed E-state index contributed by atoms with van der Waals surface area (Å²) in [5.74, 6) is -0.257. The molecule has 0 atom stereocenters. The Balaban J connectivity index is 1.75. The molecule has 166 valence electrons. The standard InChI is InChI=1S/C23H25N5O3S/c1-4-16-10-6-8-12-18(16)24-20(30)14-32-23-25-22(31)21(26-27-23)17-11-7-9-13-19(17)28(5-2)15(3)29/h6-13H,4-5,14H2,1-3H3,(H,24,30)(H,25,27,31). The third-order valence-corrected chi connectivity index (χ3v) is 5.70. The molecule has 0 fully saturated rings. The lowest BCUT2D eigenvalue weighted by molar-refractivity contribution is -0.116. The predicted octanol–water partition coefficient (Wildman–Crippen LogP) is 3.50. The second-order valence-electron chi connectivity index (χ2n) is 6.94. The molecule has 0 bridgehead atoms. The summed E-state index contributed by atoms with van der Waals surface area (Å²) in [6.45, 7) is 5.81. The largest absolute Gasteiger partial charge is 0.325 e. The molecular weight excluding hydrogens is 426 g/mol. The lowest BCUT2D eigenvalue weighted by Crippen LogP contribution is -2.29. The Kier molecular flexibility index (Phi) is 7.77. The number of anilines is 2. The van der Waals surface area contributed by atoms with Gasteiger partial charge in [-0.15, -0.1) is 10.2 Å². The van der Waals surface area contributed by atoms with Crippen LogP contribution in [-0.4, -0.2) is 39.3 Å². The lowest BCUT2D eigenvalue weighted by Gasteiger charge is -2.21. The molecule has 2 aromatic carbocycles. The van der Waals surface area contributed by atoms with E-state index in [2.05, 4.69) is 20.5 Å². The molecule has 1 heterocycles. The Labute approximate surface area is 190 Å². The van der Waals surface area contributed by atoms with E-state index in [9.17, 15) is 14.4 Å². The van der Waals surface area contributed by atoms with E-state index >= 15 is 0 Å². The lowest BCUT2D eigenvalue weighted by atomic mass is 10.1. The van der Waals surface area contributed by atoms with Crippen LogP contribution in [0.5, 0.6) is 0 Å². The van der Waals surface area contributed by atoms with Gasteiger partial charge in [0.15, 0.2) is 10.9 Å². The number of nitrogens with zero attached hydrogens (tertiary/aromatic N) is 3. The number of para-hydroxylation sites is 2. The Bertz CT molecular complexity index is 1180. The van der Waals surface area contributed by atoms with Crippen molar-refractivity contribution in [3.05, 3.63) is 64.4 Å². The topological polar surface area (TPSA) is 108 Å². The molecule has 1 aromatic heterocycles. The summed E-state index contributed by atoms with van der Waals surface area (Å²) in [7, 11) is 0. The Morgan fingerprint density at radius 2 is 1.78 bits per heavy atom. The van der Waals surface area contributed by atoms with Gasteiger partial charge in [0, 0.05) is 24.7 Å². The number of rotatable bonds is 8. The average molecular weight is 452 g/mol. The van der Waals surface area contributed by atoms with E-state index in [0.29, 0.717) is 17.8 Å². The molecule has 2 amide bonds. The fourth-order valence-electron chi connectivity index (χ4n) is 3.31. The fraction of sp³-hybridized carbons (Fsp3) is 0.261. The second kappa shape index (κ2) is 10.7. The van der Waals surface area contributed by atoms with Crippen molar-refractivity contribution in [3.8, 4) is 11.3 Å². The molecule has 0 aliphatic heterocycles. The number of nitrogens with one attached hydrogen (secondary N) is 2. The van der Waals surface area contributed by atoms with E-state index in [0.717, 1.165) is 29.4 Å². The summed E-state index contributed by atoms with van der Waals surface area (Å²) in [5.41, 5.74) is 2.62. The first-order valence-electron chi connectivity index (χ1n) is 10.3. The SMILES string of the molecule is CCc1ccccc1NC(=O)CSc1nnc(-c2ccccc2N(CC)C(C)=O)c(=O)[nH]1. The van der Waals surface area contributed by atoms with Crippen molar-refractivity contribution in [1.82, 2.24) is 15.2 Å². The first kappa shape index (κ1) is 23.2. The number of H-pyrrole nitrogens is 1. The molecule has 0 unspecified atom stereocenters. The maximum atomic E-state index is 12.7. The first-order valence-corrected chi connectivity index (χ1v) is 11.3. The van der Waals surface area contributed by atoms with Crippen LogP contribution in [0.4, 0.5) is 11.4 Å². The number of hydrogen-bond donors (Lipinski definition) is 2. The summed E-state index contributed by atoms with van der Waals surface area (Å²) < 4.78 is 0. The van der Waals surface area contributed by atoms with Gasteiger partial charge in [0.1, 0.15) is 0 Å². The van der Waals surface area contributed by atoms with Gasteiger partial charge in [-0.2, -0.15) is 0 Å². The zero-order chi connectivity index (χ0) is 23.1. The summed E-state index contributed by atoms with van der Waals surface area (Å²) >= 11 is 1.09. The minimum atomic E-state index is -0.439. The number of benzene rings is 2. The number of carbonyl (C=O) groups excluding carboxylic acids is 2. The zero-order valence-corrected chi connectivity index (χ0v) is 19.0. The van der Waals surface area contributed by atoms with Crippen LogP contribution in [0.15, 0.2) is 58.5 Å². The minimum Gasteiger partial charge on any atom is -0.325 e. The van der Waals surface area contributed by atoms with Crippen LogP contribution in [0.25, 0.3) is 11.3 Å². The maximum absolute atomic E-state index is 12.7. The minimum absolute atomic E-state index is 0.0759. The van der Waals surface area contributed by atoms with Crippen molar-refractivity contribution >= 4 is 35.0 Å². The Hall–Kier alpha value is -3.46. The van der Waals surface area contributed by atoms with E-state index in [1.54, 1.807) is 29.2 Å². The molecule has 0 aliphatic rings. The van der Waals surface area contributed by atoms with E-state index in [-0.39, 0.29) is 28.4 Å². The predicted molar refractivity (Wildman–Crippen MR) is 127 cm³/mol. The zero-order valence-electron chi connectivity index (χ0n) is 18.2. The number of hydrogen-bond acceptors (Lipinski definition) is 6. The number of aromatic nitrogens is 3. The van der Waals surface area contributed by atoms with Crippen molar-refractivity contribution in [2.45, 2.75) is 32.3 Å². The highest BCUT2D eigenvalue weighted by atomic mass is 32.2. The second-order valence-corrected chi connectivity index (χ2v) is 7.90. The first-order chi connectivity index (χ1) is 15.4. The van der Waals surface area contributed by atoms with Crippen molar-refractivity contribution in [2.24, 2.45) is 0 Å². The van der Waals surface area contributed by atoms with Gasteiger partial charge in [0.25, 0.3) is 5.56 Å².